The maximum Gasteiger partial charge on any atom is 0.123 e. The molecular formula is C13H20BrCl2FN2. The number of nitrogens with one attached hydrogen (secondary N) is 1. The van der Waals surface area contributed by atoms with Crippen LogP contribution in [-0.4, -0.2) is 31.1 Å². The van der Waals surface area contributed by atoms with Crippen molar-refractivity contribution < 1.29 is 4.39 Å². The van der Waals surface area contributed by atoms with Crippen LogP contribution in [0.3, 0.4) is 0 Å². The van der Waals surface area contributed by atoms with Gasteiger partial charge in [0.05, 0.1) is 0 Å². The van der Waals surface area contributed by atoms with Crippen molar-refractivity contribution in [3.8, 4) is 0 Å². The first-order valence-corrected chi connectivity index (χ1v) is 6.91. The Labute approximate surface area is 135 Å². The summed E-state index contributed by atoms with van der Waals surface area (Å²) in [6.07, 6.45) is 1.00. The van der Waals surface area contributed by atoms with Crippen LogP contribution in [0.25, 0.3) is 0 Å². The first-order chi connectivity index (χ1) is 8.22. The molecule has 0 aliphatic carbocycles. The second-order valence-electron chi connectivity index (χ2n) is 4.38. The smallest absolute Gasteiger partial charge is 0.123 e. The molecule has 1 atom stereocenters. The minimum Gasteiger partial charge on any atom is -0.314 e. The van der Waals surface area contributed by atoms with Crippen LogP contribution in [0.5, 0.6) is 0 Å². The molecule has 1 aromatic carbocycles. The maximum absolute atomic E-state index is 13.4. The molecular weight excluding hydrogens is 354 g/mol. The van der Waals surface area contributed by atoms with Crippen molar-refractivity contribution in [1.29, 1.82) is 0 Å². The van der Waals surface area contributed by atoms with Crippen LogP contribution in [0.15, 0.2) is 22.7 Å². The summed E-state index contributed by atoms with van der Waals surface area (Å²) in [5.41, 5.74) is 1.06. The number of hydrogen-bond donors (Lipinski definition) is 1. The van der Waals surface area contributed by atoms with E-state index >= 15 is 0 Å². The average molecular weight is 374 g/mol. The number of nitrogens with zero attached hydrogens (tertiary/aromatic N) is 1. The second kappa shape index (κ2) is 9.14. The van der Waals surface area contributed by atoms with Gasteiger partial charge in [0, 0.05) is 36.7 Å². The standard InChI is InChI=1S/C13H18BrFN2.2ClH/c1-2-13(17-7-5-16-6-8-17)11-9-10(15)3-4-12(11)14;;/h3-4,9,13,16H,2,5-8H2,1H3;2*1H/t13-;;/m0../s1. The highest BCUT2D eigenvalue weighted by molar-refractivity contribution is 9.10. The summed E-state index contributed by atoms with van der Waals surface area (Å²) in [7, 11) is 0. The van der Waals surface area contributed by atoms with Gasteiger partial charge in [0.1, 0.15) is 5.82 Å². The van der Waals surface area contributed by atoms with Gasteiger partial charge in [-0.2, -0.15) is 0 Å². The Bertz CT molecular complexity index is 387. The molecule has 0 spiro atoms. The zero-order valence-electron chi connectivity index (χ0n) is 10.9. The van der Waals surface area contributed by atoms with Gasteiger partial charge in [-0.25, -0.2) is 4.39 Å². The maximum atomic E-state index is 13.4. The van der Waals surface area contributed by atoms with E-state index < -0.39 is 0 Å². The van der Waals surface area contributed by atoms with E-state index in [0.717, 1.165) is 42.6 Å². The highest BCUT2D eigenvalue weighted by atomic mass is 79.9. The lowest BCUT2D eigenvalue weighted by molar-refractivity contribution is 0.168. The first-order valence-electron chi connectivity index (χ1n) is 6.12. The Balaban J connectivity index is 0.00000162. The van der Waals surface area contributed by atoms with Crippen LogP contribution < -0.4 is 5.32 Å². The lowest BCUT2D eigenvalue weighted by Gasteiger charge is -2.35. The Kier molecular flexibility index (Phi) is 9.20. The summed E-state index contributed by atoms with van der Waals surface area (Å²) in [6, 6.07) is 5.26. The Morgan fingerprint density at radius 3 is 2.53 bits per heavy atom. The van der Waals surface area contributed by atoms with Crippen LogP contribution in [0.2, 0.25) is 0 Å². The zero-order valence-corrected chi connectivity index (χ0v) is 14.1. The van der Waals surface area contributed by atoms with Gasteiger partial charge in [-0.3, -0.25) is 4.90 Å². The van der Waals surface area contributed by atoms with Gasteiger partial charge in [-0.15, -0.1) is 24.8 Å². The quantitative estimate of drug-likeness (QED) is 0.867. The molecule has 110 valence electrons. The molecule has 1 heterocycles. The van der Waals surface area contributed by atoms with Crippen LogP contribution in [0.4, 0.5) is 4.39 Å². The van der Waals surface area contributed by atoms with Gasteiger partial charge in [0.2, 0.25) is 0 Å². The van der Waals surface area contributed by atoms with Crippen molar-refractivity contribution in [2.24, 2.45) is 0 Å². The van der Waals surface area contributed by atoms with Gasteiger partial charge < -0.3 is 5.32 Å². The van der Waals surface area contributed by atoms with E-state index in [4.69, 9.17) is 0 Å². The normalized spacial score (nSPS) is 17.2. The monoisotopic (exact) mass is 372 g/mol. The second-order valence-corrected chi connectivity index (χ2v) is 5.23. The van der Waals surface area contributed by atoms with E-state index in [0.29, 0.717) is 6.04 Å². The van der Waals surface area contributed by atoms with Crippen molar-refractivity contribution in [3.63, 3.8) is 0 Å². The van der Waals surface area contributed by atoms with Gasteiger partial charge in [-0.1, -0.05) is 22.9 Å². The molecule has 0 unspecified atom stereocenters. The molecule has 1 aliphatic heterocycles. The molecule has 0 amide bonds. The van der Waals surface area contributed by atoms with E-state index in [-0.39, 0.29) is 30.6 Å². The highest BCUT2D eigenvalue weighted by Gasteiger charge is 2.22. The minimum absolute atomic E-state index is 0. The molecule has 1 saturated heterocycles. The van der Waals surface area contributed by atoms with Crippen LogP contribution in [-0.2, 0) is 0 Å². The molecule has 0 radical (unpaired) electrons. The molecule has 6 heteroatoms. The Morgan fingerprint density at radius 2 is 1.95 bits per heavy atom. The van der Waals surface area contributed by atoms with Crippen molar-refractivity contribution in [2.45, 2.75) is 19.4 Å². The number of halogens is 4. The van der Waals surface area contributed by atoms with Crippen molar-refractivity contribution in [3.05, 3.63) is 34.1 Å². The third-order valence-corrected chi connectivity index (χ3v) is 4.02. The number of piperazine rings is 1. The number of benzene rings is 1. The molecule has 2 nitrogen and oxygen atoms in total. The molecule has 0 bridgehead atoms. The molecule has 1 fully saturated rings. The summed E-state index contributed by atoms with van der Waals surface area (Å²) >= 11 is 3.53. The lowest BCUT2D eigenvalue weighted by Crippen LogP contribution is -2.45. The molecule has 1 aromatic rings. The van der Waals surface area contributed by atoms with E-state index in [1.807, 2.05) is 0 Å². The van der Waals surface area contributed by atoms with Crippen molar-refractivity contribution in [2.75, 3.05) is 26.2 Å². The fourth-order valence-electron chi connectivity index (χ4n) is 2.44. The Morgan fingerprint density at radius 1 is 1.32 bits per heavy atom. The van der Waals surface area contributed by atoms with E-state index in [9.17, 15) is 4.39 Å². The summed E-state index contributed by atoms with van der Waals surface area (Å²) in [6.45, 7) is 6.25. The van der Waals surface area contributed by atoms with Gasteiger partial charge in [-0.05, 0) is 30.2 Å². The third-order valence-electron chi connectivity index (χ3n) is 3.30. The highest BCUT2D eigenvalue weighted by Crippen LogP contribution is 2.31. The van der Waals surface area contributed by atoms with Crippen LogP contribution in [0, 0.1) is 5.82 Å². The topological polar surface area (TPSA) is 15.3 Å². The summed E-state index contributed by atoms with van der Waals surface area (Å²) < 4.78 is 14.4. The first kappa shape index (κ1) is 19.1. The third kappa shape index (κ3) is 4.87. The van der Waals surface area contributed by atoms with Gasteiger partial charge in [0.15, 0.2) is 0 Å². The summed E-state index contributed by atoms with van der Waals surface area (Å²) in [5, 5.41) is 3.34. The average Bonchev–Trinajstić information content (AvgIpc) is 2.36. The molecule has 0 saturated carbocycles. The minimum atomic E-state index is -0.156. The number of rotatable bonds is 3. The zero-order chi connectivity index (χ0) is 12.3. The van der Waals surface area contributed by atoms with E-state index in [1.54, 1.807) is 12.1 Å². The summed E-state index contributed by atoms with van der Waals surface area (Å²) in [4.78, 5) is 2.43. The lowest BCUT2D eigenvalue weighted by atomic mass is 10.0. The van der Waals surface area contributed by atoms with Gasteiger partial charge >= 0.3 is 0 Å². The van der Waals surface area contributed by atoms with Crippen molar-refractivity contribution in [1.82, 2.24) is 10.2 Å². The predicted molar refractivity (Wildman–Crippen MR) is 86.1 cm³/mol. The predicted octanol–water partition coefficient (Wildman–Crippen LogP) is 3.79. The molecule has 1 aliphatic rings. The number of hydrogen-bond acceptors (Lipinski definition) is 2. The fourth-order valence-corrected chi connectivity index (χ4v) is 2.95. The SMILES string of the molecule is CC[C@@H](c1cc(F)ccc1Br)N1CCNCC1.Cl.Cl. The molecule has 2 rings (SSSR count). The molecule has 0 aromatic heterocycles. The molecule has 1 N–H and O–H groups in total. The largest absolute Gasteiger partial charge is 0.314 e. The molecule has 19 heavy (non-hydrogen) atoms. The van der Waals surface area contributed by atoms with Crippen LogP contribution >= 0.6 is 40.7 Å². The Hall–Kier alpha value is 0.130. The van der Waals surface area contributed by atoms with Crippen LogP contribution in [0.1, 0.15) is 24.9 Å². The van der Waals surface area contributed by atoms with Crippen molar-refractivity contribution >= 4 is 40.7 Å². The van der Waals surface area contributed by atoms with Gasteiger partial charge in [0.25, 0.3) is 0 Å². The van der Waals surface area contributed by atoms with E-state index in [1.165, 1.54) is 6.07 Å². The summed E-state index contributed by atoms with van der Waals surface area (Å²) in [5.74, 6) is -0.156. The van der Waals surface area contributed by atoms with E-state index in [2.05, 4.69) is 33.1 Å². The fraction of sp³-hybridized carbons (Fsp3) is 0.538.